The highest BCUT2D eigenvalue weighted by atomic mass is 16.4. The van der Waals surface area contributed by atoms with Crippen molar-refractivity contribution >= 4 is 5.97 Å². The average Bonchev–Trinajstić information content (AvgIpc) is 2.09. The van der Waals surface area contributed by atoms with Crippen LogP contribution in [0.4, 0.5) is 0 Å². The standard InChI is InChI=1S/C11H18O2/c1-2-3-4-5-6-7-8-9-10-11(12)13/h4-10H2,1H3,(H,12,13). The first kappa shape index (κ1) is 12.0. The lowest BCUT2D eigenvalue weighted by Gasteiger charge is -1.97. The Bertz CT molecular complexity index is 186. The molecule has 0 amide bonds. The van der Waals surface area contributed by atoms with Gasteiger partial charge in [0.05, 0.1) is 0 Å². The van der Waals surface area contributed by atoms with Gasteiger partial charge >= 0.3 is 5.97 Å². The fourth-order valence-corrected chi connectivity index (χ4v) is 1.14. The maximum atomic E-state index is 10.2. The molecule has 0 aliphatic rings. The van der Waals surface area contributed by atoms with Gasteiger partial charge in [0.25, 0.3) is 0 Å². The topological polar surface area (TPSA) is 37.3 Å². The zero-order chi connectivity index (χ0) is 9.94. The van der Waals surface area contributed by atoms with Crippen molar-refractivity contribution in [2.75, 3.05) is 0 Å². The smallest absolute Gasteiger partial charge is 0.303 e. The number of carbonyl (C=O) groups is 1. The second kappa shape index (κ2) is 9.12. The second-order valence-corrected chi connectivity index (χ2v) is 3.09. The minimum absolute atomic E-state index is 0.314. The normalized spacial score (nSPS) is 9.00. The number of carboxylic acids is 1. The first-order chi connectivity index (χ1) is 6.27. The van der Waals surface area contributed by atoms with Crippen LogP contribution in [-0.2, 0) is 4.79 Å². The average molecular weight is 182 g/mol. The Morgan fingerprint density at radius 3 is 2.38 bits per heavy atom. The van der Waals surface area contributed by atoms with Crippen LogP contribution in [0.1, 0.15) is 51.9 Å². The molecule has 0 atom stereocenters. The zero-order valence-corrected chi connectivity index (χ0v) is 8.31. The second-order valence-electron chi connectivity index (χ2n) is 3.09. The van der Waals surface area contributed by atoms with E-state index in [0.717, 1.165) is 32.1 Å². The van der Waals surface area contributed by atoms with Crippen LogP contribution >= 0.6 is 0 Å². The first-order valence-electron chi connectivity index (χ1n) is 4.88. The molecule has 1 N–H and O–H groups in total. The van der Waals surface area contributed by atoms with Crippen LogP contribution in [0.5, 0.6) is 0 Å². The first-order valence-corrected chi connectivity index (χ1v) is 4.88. The fourth-order valence-electron chi connectivity index (χ4n) is 1.14. The maximum absolute atomic E-state index is 10.2. The highest BCUT2D eigenvalue weighted by Gasteiger charge is 1.95. The molecule has 2 nitrogen and oxygen atoms in total. The third kappa shape index (κ3) is 11.0. The van der Waals surface area contributed by atoms with Crippen molar-refractivity contribution in [3.63, 3.8) is 0 Å². The summed E-state index contributed by atoms with van der Waals surface area (Å²) in [6.45, 7) is 1.85. The van der Waals surface area contributed by atoms with Crippen LogP contribution < -0.4 is 0 Å². The summed E-state index contributed by atoms with van der Waals surface area (Å²) in [4.78, 5) is 10.2. The van der Waals surface area contributed by atoms with E-state index in [1.54, 1.807) is 0 Å². The number of rotatable bonds is 7. The van der Waals surface area contributed by atoms with E-state index in [1.165, 1.54) is 6.42 Å². The molecule has 0 aliphatic heterocycles. The van der Waals surface area contributed by atoms with Crippen LogP contribution in [0, 0.1) is 11.8 Å². The van der Waals surface area contributed by atoms with E-state index in [0.29, 0.717) is 6.42 Å². The summed E-state index contributed by atoms with van der Waals surface area (Å²) in [5.41, 5.74) is 0. The molecule has 0 fully saturated rings. The van der Waals surface area contributed by atoms with Gasteiger partial charge in [-0.2, -0.15) is 0 Å². The van der Waals surface area contributed by atoms with E-state index in [9.17, 15) is 4.79 Å². The molecule has 0 spiro atoms. The van der Waals surface area contributed by atoms with Crippen molar-refractivity contribution in [1.82, 2.24) is 0 Å². The highest BCUT2D eigenvalue weighted by molar-refractivity contribution is 5.66. The van der Waals surface area contributed by atoms with Gasteiger partial charge in [-0.3, -0.25) is 4.79 Å². The number of hydrogen-bond donors (Lipinski definition) is 1. The van der Waals surface area contributed by atoms with E-state index >= 15 is 0 Å². The zero-order valence-electron chi connectivity index (χ0n) is 8.31. The monoisotopic (exact) mass is 182 g/mol. The predicted molar refractivity (Wildman–Crippen MR) is 53.4 cm³/mol. The van der Waals surface area contributed by atoms with Crippen molar-refractivity contribution in [3.8, 4) is 11.8 Å². The van der Waals surface area contributed by atoms with Gasteiger partial charge in [0.2, 0.25) is 0 Å². The van der Waals surface area contributed by atoms with Crippen molar-refractivity contribution in [2.24, 2.45) is 0 Å². The molecule has 0 rings (SSSR count). The van der Waals surface area contributed by atoms with E-state index in [4.69, 9.17) is 5.11 Å². The molecule has 0 radical (unpaired) electrons. The molecule has 0 aliphatic carbocycles. The molecule has 0 heterocycles. The fraction of sp³-hybridized carbons (Fsp3) is 0.727. The van der Waals surface area contributed by atoms with Crippen LogP contribution in [0.3, 0.4) is 0 Å². The molecule has 0 aromatic rings. The molecule has 0 bridgehead atoms. The molecular formula is C11H18O2. The lowest BCUT2D eigenvalue weighted by atomic mass is 10.1. The van der Waals surface area contributed by atoms with Gasteiger partial charge in [-0.05, 0) is 19.8 Å². The molecule has 13 heavy (non-hydrogen) atoms. The van der Waals surface area contributed by atoms with Crippen molar-refractivity contribution < 1.29 is 9.90 Å². The summed E-state index contributed by atoms with van der Waals surface area (Å²) in [6.07, 6.45) is 6.60. The predicted octanol–water partition coefficient (Wildman–Crippen LogP) is 2.83. The Morgan fingerprint density at radius 1 is 1.15 bits per heavy atom. The van der Waals surface area contributed by atoms with E-state index in [1.807, 2.05) is 6.92 Å². The summed E-state index contributed by atoms with van der Waals surface area (Å²) in [7, 11) is 0. The summed E-state index contributed by atoms with van der Waals surface area (Å²) in [5.74, 6) is 5.19. The van der Waals surface area contributed by atoms with Crippen LogP contribution in [0.25, 0.3) is 0 Å². The van der Waals surface area contributed by atoms with Crippen LogP contribution in [-0.4, -0.2) is 11.1 Å². The largest absolute Gasteiger partial charge is 0.481 e. The van der Waals surface area contributed by atoms with E-state index in [2.05, 4.69) is 11.8 Å². The van der Waals surface area contributed by atoms with Gasteiger partial charge in [0.1, 0.15) is 0 Å². The lowest BCUT2D eigenvalue weighted by molar-refractivity contribution is -0.137. The van der Waals surface area contributed by atoms with Gasteiger partial charge in [-0.25, -0.2) is 0 Å². The van der Waals surface area contributed by atoms with E-state index < -0.39 is 5.97 Å². The number of hydrogen-bond acceptors (Lipinski definition) is 1. The van der Waals surface area contributed by atoms with E-state index in [-0.39, 0.29) is 0 Å². The van der Waals surface area contributed by atoms with Gasteiger partial charge in [0.15, 0.2) is 0 Å². The molecule has 2 heteroatoms. The molecule has 0 unspecified atom stereocenters. The summed E-state index contributed by atoms with van der Waals surface area (Å²) >= 11 is 0. The molecule has 0 aromatic carbocycles. The van der Waals surface area contributed by atoms with Crippen molar-refractivity contribution in [3.05, 3.63) is 0 Å². The third-order valence-electron chi connectivity index (χ3n) is 1.87. The lowest BCUT2D eigenvalue weighted by Crippen LogP contribution is -1.93. The number of aliphatic carboxylic acids is 1. The van der Waals surface area contributed by atoms with Gasteiger partial charge in [-0.15, -0.1) is 11.8 Å². The van der Waals surface area contributed by atoms with Crippen LogP contribution in [0.2, 0.25) is 0 Å². The molecule has 74 valence electrons. The maximum Gasteiger partial charge on any atom is 0.303 e. The Morgan fingerprint density at radius 2 is 1.77 bits per heavy atom. The van der Waals surface area contributed by atoms with Gasteiger partial charge in [-0.1, -0.05) is 19.3 Å². The number of unbranched alkanes of at least 4 members (excludes halogenated alkanes) is 5. The summed E-state index contributed by atoms with van der Waals surface area (Å²) in [6, 6.07) is 0. The van der Waals surface area contributed by atoms with Crippen LogP contribution in [0.15, 0.2) is 0 Å². The van der Waals surface area contributed by atoms with Gasteiger partial charge < -0.3 is 5.11 Å². The quantitative estimate of drug-likeness (QED) is 0.485. The highest BCUT2D eigenvalue weighted by Crippen LogP contribution is 2.06. The molecule has 0 aromatic heterocycles. The van der Waals surface area contributed by atoms with Crippen molar-refractivity contribution in [2.45, 2.75) is 51.9 Å². The van der Waals surface area contributed by atoms with Gasteiger partial charge in [0, 0.05) is 12.8 Å². The number of carboxylic acid groups (broad SMARTS) is 1. The minimum Gasteiger partial charge on any atom is -0.481 e. The molecule has 0 saturated carbocycles. The summed E-state index contributed by atoms with van der Waals surface area (Å²) < 4.78 is 0. The van der Waals surface area contributed by atoms with Crippen molar-refractivity contribution in [1.29, 1.82) is 0 Å². The SMILES string of the molecule is CC#CCCCCCCCC(=O)O. The minimum atomic E-state index is -0.683. The molecule has 0 saturated heterocycles. The Kier molecular flexibility index (Phi) is 8.44. The summed E-state index contributed by atoms with van der Waals surface area (Å²) in [5, 5.41) is 8.37. The Balaban J connectivity index is 2.98. The molecular weight excluding hydrogens is 164 g/mol. The third-order valence-corrected chi connectivity index (χ3v) is 1.87. The Hall–Kier alpha value is -0.970. The Labute approximate surface area is 80.3 Å².